The van der Waals surface area contributed by atoms with Crippen molar-refractivity contribution < 1.29 is 17.9 Å². The number of hydrogen-bond acceptors (Lipinski definition) is 4. The summed E-state index contributed by atoms with van der Waals surface area (Å²) < 4.78 is 37.6. The Balaban J connectivity index is 2.53. The van der Waals surface area contributed by atoms with Crippen LogP contribution in [0, 0.1) is 0 Å². The molecule has 1 aliphatic heterocycles. The van der Waals surface area contributed by atoms with Gasteiger partial charge < -0.3 is 9.47 Å². The minimum Gasteiger partial charge on any atom is -0.493 e. The molecule has 2 rings (SSSR count). The number of halogens is 1. The van der Waals surface area contributed by atoms with Gasteiger partial charge in [-0.15, -0.1) is 11.6 Å². The number of methoxy groups -OCH3 is 2. The first-order valence-corrected chi connectivity index (χ1v) is 8.75. The number of rotatable bonds is 5. The molecule has 0 saturated carbocycles. The molecule has 1 saturated heterocycles. The predicted molar refractivity (Wildman–Crippen MR) is 81.7 cm³/mol. The zero-order chi connectivity index (χ0) is 15.6. The molecule has 1 heterocycles. The van der Waals surface area contributed by atoms with Gasteiger partial charge in [0.1, 0.15) is 0 Å². The highest BCUT2D eigenvalue weighted by Gasteiger charge is 2.33. The third-order valence-corrected chi connectivity index (χ3v) is 6.05. The lowest BCUT2D eigenvalue weighted by Gasteiger charge is -2.22. The van der Waals surface area contributed by atoms with Gasteiger partial charge in [-0.3, -0.25) is 0 Å². The van der Waals surface area contributed by atoms with Gasteiger partial charge in [-0.2, -0.15) is 4.31 Å². The summed E-state index contributed by atoms with van der Waals surface area (Å²) in [7, 11) is -0.557. The average Bonchev–Trinajstić information content (AvgIpc) is 2.92. The van der Waals surface area contributed by atoms with Crippen LogP contribution in [0.5, 0.6) is 11.5 Å². The fourth-order valence-electron chi connectivity index (χ4n) is 2.66. The summed E-state index contributed by atoms with van der Waals surface area (Å²) >= 11 is 5.91. The van der Waals surface area contributed by atoms with Crippen LogP contribution < -0.4 is 9.47 Å². The summed E-state index contributed by atoms with van der Waals surface area (Å²) in [5.74, 6) is 1.00. The minimum atomic E-state index is -3.54. The van der Waals surface area contributed by atoms with Gasteiger partial charge in [-0.05, 0) is 25.8 Å². The van der Waals surface area contributed by atoms with E-state index >= 15 is 0 Å². The molecule has 0 N–H and O–H groups in total. The number of nitrogens with zero attached hydrogens (tertiary/aromatic N) is 1. The van der Waals surface area contributed by atoms with E-state index in [4.69, 9.17) is 21.1 Å². The van der Waals surface area contributed by atoms with Crippen LogP contribution in [0.15, 0.2) is 17.0 Å². The zero-order valence-corrected chi connectivity index (χ0v) is 14.0. The van der Waals surface area contributed by atoms with Crippen LogP contribution >= 0.6 is 11.6 Å². The van der Waals surface area contributed by atoms with Gasteiger partial charge in [0.25, 0.3) is 0 Å². The van der Waals surface area contributed by atoms with E-state index in [0.29, 0.717) is 23.6 Å². The van der Waals surface area contributed by atoms with Crippen LogP contribution in [0.3, 0.4) is 0 Å². The van der Waals surface area contributed by atoms with E-state index in [1.807, 2.05) is 6.92 Å². The van der Waals surface area contributed by atoms with Crippen molar-refractivity contribution in [3.8, 4) is 11.5 Å². The van der Waals surface area contributed by atoms with Gasteiger partial charge in [0, 0.05) is 24.2 Å². The molecule has 0 amide bonds. The van der Waals surface area contributed by atoms with Gasteiger partial charge in [0.2, 0.25) is 10.0 Å². The van der Waals surface area contributed by atoms with E-state index in [9.17, 15) is 8.42 Å². The fourth-order valence-corrected chi connectivity index (χ4v) is 4.63. The Labute approximate surface area is 130 Å². The van der Waals surface area contributed by atoms with E-state index in [-0.39, 0.29) is 16.8 Å². The standard InChI is InChI=1S/C14H20ClNO4S/c1-10-5-4-6-16(10)21(17,18)12-7-11(9-15)14(20-3)13(8-12)19-2/h7-8,10H,4-6,9H2,1-3H3. The van der Waals surface area contributed by atoms with Crippen molar-refractivity contribution in [3.05, 3.63) is 17.7 Å². The number of sulfonamides is 1. The molecule has 1 aliphatic rings. The summed E-state index contributed by atoms with van der Waals surface area (Å²) in [6.07, 6.45) is 1.77. The Morgan fingerprint density at radius 1 is 1.33 bits per heavy atom. The van der Waals surface area contributed by atoms with Crippen molar-refractivity contribution in [2.75, 3.05) is 20.8 Å². The van der Waals surface area contributed by atoms with Crippen LogP contribution in [0.4, 0.5) is 0 Å². The molecule has 1 fully saturated rings. The molecule has 1 aromatic rings. The molecule has 0 bridgehead atoms. The maximum Gasteiger partial charge on any atom is 0.243 e. The molecule has 21 heavy (non-hydrogen) atoms. The Morgan fingerprint density at radius 3 is 2.52 bits per heavy atom. The first kappa shape index (κ1) is 16.4. The van der Waals surface area contributed by atoms with Crippen molar-refractivity contribution >= 4 is 21.6 Å². The van der Waals surface area contributed by atoms with Crippen LogP contribution in [0.1, 0.15) is 25.3 Å². The molecule has 5 nitrogen and oxygen atoms in total. The summed E-state index contributed by atoms with van der Waals surface area (Å²) in [4.78, 5) is 0.199. The molecule has 118 valence electrons. The molecular weight excluding hydrogens is 314 g/mol. The Bertz CT molecular complexity index is 592. The first-order chi connectivity index (χ1) is 9.95. The molecule has 1 aromatic carbocycles. The van der Waals surface area contributed by atoms with E-state index < -0.39 is 10.0 Å². The minimum absolute atomic E-state index is 0.0162. The second-order valence-electron chi connectivity index (χ2n) is 5.06. The molecule has 1 unspecified atom stereocenters. The van der Waals surface area contributed by atoms with Gasteiger partial charge in [0.15, 0.2) is 11.5 Å². The quantitative estimate of drug-likeness (QED) is 0.777. The normalized spacial score (nSPS) is 19.7. The lowest BCUT2D eigenvalue weighted by molar-refractivity contribution is 0.351. The second kappa shape index (κ2) is 6.42. The van der Waals surface area contributed by atoms with Crippen molar-refractivity contribution in [2.24, 2.45) is 0 Å². The monoisotopic (exact) mass is 333 g/mol. The Morgan fingerprint density at radius 2 is 2.05 bits per heavy atom. The summed E-state index contributed by atoms with van der Waals surface area (Å²) in [6, 6.07) is 3.08. The summed E-state index contributed by atoms with van der Waals surface area (Å²) in [6.45, 7) is 2.47. The number of ether oxygens (including phenoxy) is 2. The molecule has 7 heteroatoms. The highest BCUT2D eigenvalue weighted by atomic mass is 35.5. The van der Waals surface area contributed by atoms with Crippen molar-refractivity contribution in [1.29, 1.82) is 0 Å². The Kier molecular flexibility index (Phi) is 5.01. The van der Waals surface area contributed by atoms with Gasteiger partial charge in [-0.1, -0.05) is 0 Å². The highest BCUT2D eigenvalue weighted by Crippen LogP contribution is 2.37. The summed E-state index contributed by atoms with van der Waals surface area (Å²) in [5, 5.41) is 0. The molecule has 0 spiro atoms. The topological polar surface area (TPSA) is 55.8 Å². The smallest absolute Gasteiger partial charge is 0.243 e. The van der Waals surface area contributed by atoms with Crippen LogP contribution in [0.2, 0.25) is 0 Å². The SMILES string of the molecule is COc1cc(S(=O)(=O)N2CCCC2C)cc(CCl)c1OC. The third kappa shape index (κ3) is 2.98. The highest BCUT2D eigenvalue weighted by molar-refractivity contribution is 7.89. The van der Waals surface area contributed by atoms with Crippen molar-refractivity contribution in [3.63, 3.8) is 0 Å². The maximum absolute atomic E-state index is 12.8. The van der Waals surface area contributed by atoms with Crippen LogP contribution in [-0.2, 0) is 15.9 Å². The predicted octanol–water partition coefficient (Wildman–Crippen LogP) is 2.62. The third-order valence-electron chi connectivity index (χ3n) is 3.77. The van der Waals surface area contributed by atoms with Crippen molar-refractivity contribution in [1.82, 2.24) is 4.31 Å². The zero-order valence-electron chi connectivity index (χ0n) is 12.4. The van der Waals surface area contributed by atoms with Gasteiger partial charge >= 0.3 is 0 Å². The Hall–Kier alpha value is -0.980. The maximum atomic E-state index is 12.8. The van der Waals surface area contributed by atoms with Crippen LogP contribution in [-0.4, -0.2) is 39.5 Å². The van der Waals surface area contributed by atoms with E-state index in [2.05, 4.69) is 0 Å². The first-order valence-electron chi connectivity index (χ1n) is 6.78. The lowest BCUT2D eigenvalue weighted by atomic mass is 10.2. The van der Waals surface area contributed by atoms with Crippen LogP contribution in [0.25, 0.3) is 0 Å². The molecule has 0 radical (unpaired) electrons. The molecule has 1 atom stereocenters. The number of benzene rings is 1. The second-order valence-corrected chi connectivity index (χ2v) is 7.22. The average molecular weight is 334 g/mol. The number of hydrogen-bond donors (Lipinski definition) is 0. The van der Waals surface area contributed by atoms with E-state index in [0.717, 1.165) is 12.8 Å². The summed E-state index contributed by atoms with van der Waals surface area (Å²) in [5.41, 5.74) is 0.601. The number of alkyl halides is 1. The lowest BCUT2D eigenvalue weighted by Crippen LogP contribution is -2.33. The molecule has 0 aromatic heterocycles. The largest absolute Gasteiger partial charge is 0.493 e. The van der Waals surface area contributed by atoms with Gasteiger partial charge in [0.05, 0.1) is 25.0 Å². The van der Waals surface area contributed by atoms with Gasteiger partial charge in [-0.25, -0.2) is 8.42 Å². The fraction of sp³-hybridized carbons (Fsp3) is 0.571. The molecular formula is C14H20ClNO4S. The van der Waals surface area contributed by atoms with E-state index in [1.165, 1.54) is 24.6 Å². The van der Waals surface area contributed by atoms with Crippen molar-refractivity contribution in [2.45, 2.75) is 36.6 Å². The van der Waals surface area contributed by atoms with E-state index in [1.54, 1.807) is 6.07 Å². The molecule has 0 aliphatic carbocycles.